The van der Waals surface area contributed by atoms with Gasteiger partial charge in [0.25, 0.3) is 0 Å². The lowest BCUT2D eigenvalue weighted by Gasteiger charge is -2.08. The van der Waals surface area contributed by atoms with E-state index in [1.165, 1.54) is 11.3 Å². The number of thiazole rings is 1. The molecule has 0 radical (unpaired) electrons. The van der Waals surface area contributed by atoms with E-state index in [-0.39, 0.29) is 0 Å². The molecule has 2 heterocycles. The first-order valence-electron chi connectivity index (χ1n) is 7.59. The number of aromatic nitrogens is 3. The highest BCUT2D eigenvalue weighted by atomic mass is 32.1. The van der Waals surface area contributed by atoms with Crippen molar-refractivity contribution in [3.8, 4) is 6.07 Å². The highest BCUT2D eigenvalue weighted by Crippen LogP contribution is 2.20. The van der Waals surface area contributed by atoms with Gasteiger partial charge < -0.3 is 10.1 Å². The number of nitrogens with one attached hydrogen (secondary N) is 1. The van der Waals surface area contributed by atoms with Gasteiger partial charge in [0.15, 0.2) is 11.5 Å². The average Bonchev–Trinajstić information content (AvgIpc) is 2.92. The minimum Gasteiger partial charge on any atom is -0.461 e. The highest BCUT2D eigenvalue weighted by molar-refractivity contribution is 7.11. The Kier molecular flexibility index (Phi) is 5.82. The Labute approximate surface area is 144 Å². The maximum Gasteiger partial charge on any atom is 0.358 e. The number of ether oxygens (including phenoxy) is 1. The summed E-state index contributed by atoms with van der Waals surface area (Å²) >= 11 is 1.47. The molecule has 0 saturated heterocycles. The van der Waals surface area contributed by atoms with Crippen LogP contribution in [0.25, 0.3) is 0 Å². The van der Waals surface area contributed by atoms with E-state index < -0.39 is 5.97 Å². The molecular formula is C16H19N5O2S. The fourth-order valence-corrected chi connectivity index (χ4v) is 3.02. The maximum atomic E-state index is 11.8. The predicted molar refractivity (Wildman–Crippen MR) is 91.2 cm³/mol. The van der Waals surface area contributed by atoms with Crippen LogP contribution in [0.2, 0.25) is 0 Å². The lowest BCUT2D eigenvalue weighted by molar-refractivity contribution is 0.0519. The first-order chi connectivity index (χ1) is 11.5. The van der Waals surface area contributed by atoms with Gasteiger partial charge in [-0.05, 0) is 33.3 Å². The molecule has 24 heavy (non-hydrogen) atoms. The summed E-state index contributed by atoms with van der Waals surface area (Å²) in [6, 6.07) is 2.16. The Morgan fingerprint density at radius 3 is 2.75 bits per heavy atom. The molecule has 2 aromatic heterocycles. The van der Waals surface area contributed by atoms with Crippen molar-refractivity contribution in [3.63, 3.8) is 0 Å². The molecular weight excluding hydrogens is 326 g/mol. The molecule has 7 nitrogen and oxygen atoms in total. The van der Waals surface area contributed by atoms with Crippen molar-refractivity contribution in [3.05, 3.63) is 32.4 Å². The van der Waals surface area contributed by atoms with Gasteiger partial charge in [-0.3, -0.25) is 0 Å². The van der Waals surface area contributed by atoms with Gasteiger partial charge in [0, 0.05) is 17.8 Å². The van der Waals surface area contributed by atoms with E-state index in [2.05, 4.69) is 26.6 Å². The minimum atomic E-state index is -0.391. The summed E-state index contributed by atoms with van der Waals surface area (Å²) in [7, 11) is 0. The molecule has 0 aliphatic carbocycles. The molecule has 126 valence electrons. The monoisotopic (exact) mass is 345 g/mol. The van der Waals surface area contributed by atoms with E-state index in [0.29, 0.717) is 36.6 Å². The number of nitrogens with zero attached hydrogens (tertiary/aromatic N) is 4. The van der Waals surface area contributed by atoms with Crippen LogP contribution in [0.3, 0.4) is 0 Å². The van der Waals surface area contributed by atoms with Crippen LogP contribution in [0.1, 0.15) is 44.1 Å². The van der Waals surface area contributed by atoms with Crippen LogP contribution < -0.4 is 5.32 Å². The smallest absolute Gasteiger partial charge is 0.358 e. The summed E-state index contributed by atoms with van der Waals surface area (Å²) < 4.78 is 4.99. The maximum absolute atomic E-state index is 11.8. The zero-order valence-electron chi connectivity index (χ0n) is 14.1. The second kappa shape index (κ2) is 7.84. The molecule has 0 saturated carbocycles. The molecule has 0 aliphatic rings. The highest BCUT2D eigenvalue weighted by Gasteiger charge is 2.16. The van der Waals surface area contributed by atoms with E-state index in [1.54, 1.807) is 6.92 Å². The van der Waals surface area contributed by atoms with Crippen LogP contribution in [-0.2, 0) is 11.2 Å². The SMILES string of the molecule is CCOC(=O)c1nc(CCNc2nnc(C)c(C)c2C#N)sc1C. The Morgan fingerprint density at radius 1 is 1.33 bits per heavy atom. The molecule has 0 spiro atoms. The summed E-state index contributed by atoms with van der Waals surface area (Å²) in [6.07, 6.45) is 0.615. The third kappa shape index (κ3) is 3.86. The van der Waals surface area contributed by atoms with Crippen molar-refractivity contribution >= 4 is 23.1 Å². The summed E-state index contributed by atoms with van der Waals surface area (Å²) in [5.74, 6) is 0.0803. The quantitative estimate of drug-likeness (QED) is 0.803. The van der Waals surface area contributed by atoms with Crippen molar-refractivity contribution in [2.24, 2.45) is 0 Å². The van der Waals surface area contributed by atoms with Crippen molar-refractivity contribution in [2.45, 2.75) is 34.1 Å². The van der Waals surface area contributed by atoms with E-state index in [1.807, 2.05) is 20.8 Å². The summed E-state index contributed by atoms with van der Waals surface area (Å²) in [5, 5.41) is 21.3. The van der Waals surface area contributed by atoms with Crippen LogP contribution in [0, 0.1) is 32.1 Å². The molecule has 8 heteroatoms. The van der Waals surface area contributed by atoms with Crippen molar-refractivity contribution in [1.82, 2.24) is 15.2 Å². The molecule has 0 bridgehead atoms. The van der Waals surface area contributed by atoms with Gasteiger partial charge in [-0.2, -0.15) is 10.4 Å². The molecule has 0 amide bonds. The number of carbonyl (C=O) groups excluding carboxylic acids is 1. The van der Waals surface area contributed by atoms with E-state index in [9.17, 15) is 10.1 Å². The van der Waals surface area contributed by atoms with Gasteiger partial charge in [-0.25, -0.2) is 9.78 Å². The van der Waals surface area contributed by atoms with Gasteiger partial charge in [0.2, 0.25) is 0 Å². The molecule has 0 aromatic carbocycles. The number of nitriles is 1. The molecule has 0 unspecified atom stereocenters. The largest absolute Gasteiger partial charge is 0.461 e. The number of rotatable bonds is 6. The van der Waals surface area contributed by atoms with E-state index in [0.717, 1.165) is 21.1 Å². The van der Waals surface area contributed by atoms with Crippen molar-refractivity contribution < 1.29 is 9.53 Å². The zero-order chi connectivity index (χ0) is 17.7. The standard InChI is InChI=1S/C16H19N5O2S/c1-5-23-16(22)14-11(4)24-13(19-14)6-7-18-15-12(8-17)9(2)10(3)20-21-15/h5-7H2,1-4H3,(H,18,21). The third-order valence-corrected chi connectivity index (χ3v) is 4.54. The first kappa shape index (κ1) is 17.8. The lowest BCUT2D eigenvalue weighted by Crippen LogP contribution is -2.11. The number of hydrogen-bond acceptors (Lipinski definition) is 8. The molecule has 1 N–H and O–H groups in total. The minimum absolute atomic E-state index is 0.328. The van der Waals surface area contributed by atoms with Crippen molar-refractivity contribution in [2.75, 3.05) is 18.5 Å². The fraction of sp³-hybridized carbons (Fsp3) is 0.438. The topological polar surface area (TPSA) is 101 Å². The second-order valence-electron chi connectivity index (χ2n) is 5.16. The molecule has 0 aliphatic heterocycles. The first-order valence-corrected chi connectivity index (χ1v) is 8.40. The van der Waals surface area contributed by atoms with E-state index in [4.69, 9.17) is 4.74 Å². The van der Waals surface area contributed by atoms with Crippen LogP contribution in [0.4, 0.5) is 5.82 Å². The van der Waals surface area contributed by atoms with Crippen LogP contribution >= 0.6 is 11.3 Å². The number of esters is 1. The Balaban J connectivity index is 2.03. The second-order valence-corrected chi connectivity index (χ2v) is 6.44. The average molecular weight is 345 g/mol. The molecule has 2 aromatic rings. The Morgan fingerprint density at radius 2 is 2.08 bits per heavy atom. The summed E-state index contributed by atoms with van der Waals surface area (Å²) in [6.45, 7) is 8.16. The van der Waals surface area contributed by atoms with Gasteiger partial charge in [0.1, 0.15) is 11.6 Å². The van der Waals surface area contributed by atoms with Gasteiger partial charge in [0.05, 0.1) is 17.3 Å². The predicted octanol–water partition coefficient (Wildman–Crippen LogP) is 2.56. The Bertz CT molecular complexity index is 794. The number of carbonyl (C=O) groups is 1. The van der Waals surface area contributed by atoms with Crippen molar-refractivity contribution in [1.29, 1.82) is 5.26 Å². The lowest BCUT2D eigenvalue weighted by atomic mass is 10.1. The van der Waals surface area contributed by atoms with Gasteiger partial charge in [-0.15, -0.1) is 16.4 Å². The van der Waals surface area contributed by atoms with E-state index >= 15 is 0 Å². The van der Waals surface area contributed by atoms with Crippen LogP contribution in [-0.4, -0.2) is 34.3 Å². The summed E-state index contributed by atoms with van der Waals surface area (Å²) in [5.41, 5.74) is 2.45. The normalized spacial score (nSPS) is 10.3. The number of hydrogen-bond donors (Lipinski definition) is 1. The fourth-order valence-electron chi connectivity index (χ4n) is 2.10. The number of aryl methyl sites for hydroxylation is 2. The van der Waals surface area contributed by atoms with Gasteiger partial charge in [-0.1, -0.05) is 0 Å². The number of anilines is 1. The Hall–Kier alpha value is -2.53. The van der Waals surface area contributed by atoms with Gasteiger partial charge >= 0.3 is 5.97 Å². The molecule has 0 fully saturated rings. The van der Waals surface area contributed by atoms with Crippen LogP contribution in [0.5, 0.6) is 0 Å². The zero-order valence-corrected chi connectivity index (χ0v) is 15.0. The summed E-state index contributed by atoms with van der Waals surface area (Å²) in [4.78, 5) is 17.0. The molecule has 0 atom stereocenters. The third-order valence-electron chi connectivity index (χ3n) is 3.51. The molecule has 2 rings (SSSR count). The van der Waals surface area contributed by atoms with Crippen LogP contribution in [0.15, 0.2) is 0 Å².